The number of ether oxygens (including phenoxy) is 2. The molecule has 0 amide bonds. The third kappa shape index (κ3) is 3.21. The summed E-state index contributed by atoms with van der Waals surface area (Å²) >= 11 is 0. The lowest BCUT2D eigenvalue weighted by Crippen LogP contribution is -2.38. The van der Waals surface area contributed by atoms with Crippen LogP contribution in [0.4, 0.5) is 4.39 Å². The van der Waals surface area contributed by atoms with Crippen LogP contribution in [-0.2, 0) is 11.3 Å². The average molecular weight is 253 g/mol. The van der Waals surface area contributed by atoms with Gasteiger partial charge in [-0.3, -0.25) is 4.90 Å². The molecule has 1 aliphatic rings. The molecule has 1 saturated heterocycles. The van der Waals surface area contributed by atoms with Crippen LogP contribution in [0.3, 0.4) is 0 Å². The van der Waals surface area contributed by atoms with Gasteiger partial charge in [-0.05, 0) is 25.5 Å². The largest absolute Gasteiger partial charge is 0.497 e. The molecule has 0 radical (unpaired) electrons. The van der Waals surface area contributed by atoms with E-state index < -0.39 is 0 Å². The van der Waals surface area contributed by atoms with Gasteiger partial charge in [0.25, 0.3) is 0 Å². The molecular weight excluding hydrogens is 233 g/mol. The van der Waals surface area contributed by atoms with Crippen LogP contribution in [0.5, 0.6) is 5.75 Å². The van der Waals surface area contributed by atoms with Crippen molar-refractivity contribution in [2.45, 2.75) is 25.5 Å². The number of piperidine rings is 1. The van der Waals surface area contributed by atoms with E-state index in [9.17, 15) is 4.39 Å². The Balaban J connectivity index is 2.00. The third-order valence-corrected chi connectivity index (χ3v) is 3.45. The molecule has 1 heterocycles. The third-order valence-electron chi connectivity index (χ3n) is 3.45. The Morgan fingerprint density at radius 2 is 2.22 bits per heavy atom. The van der Waals surface area contributed by atoms with E-state index in [0.29, 0.717) is 17.9 Å². The minimum atomic E-state index is -0.200. The van der Waals surface area contributed by atoms with Crippen molar-refractivity contribution in [3.05, 3.63) is 29.6 Å². The van der Waals surface area contributed by atoms with E-state index in [0.717, 1.165) is 25.9 Å². The van der Waals surface area contributed by atoms with Gasteiger partial charge in [0.05, 0.1) is 13.2 Å². The summed E-state index contributed by atoms with van der Waals surface area (Å²) in [6.07, 6.45) is 2.48. The summed E-state index contributed by atoms with van der Waals surface area (Å²) in [5.41, 5.74) is 0.715. The fourth-order valence-electron chi connectivity index (χ4n) is 2.37. The Kier molecular flexibility index (Phi) is 4.55. The van der Waals surface area contributed by atoms with Gasteiger partial charge in [-0.15, -0.1) is 0 Å². The molecule has 1 aromatic carbocycles. The molecule has 0 bridgehead atoms. The van der Waals surface area contributed by atoms with Crippen molar-refractivity contribution in [1.82, 2.24) is 4.90 Å². The number of halogens is 1. The molecule has 0 spiro atoms. The lowest BCUT2D eigenvalue weighted by molar-refractivity contribution is 0.0282. The summed E-state index contributed by atoms with van der Waals surface area (Å²) < 4.78 is 24.2. The second-order valence-corrected chi connectivity index (χ2v) is 4.69. The SMILES string of the molecule is COc1ccc(CN2CCCC(OC)C2)c(F)c1. The molecular formula is C14H20FNO2. The van der Waals surface area contributed by atoms with E-state index in [1.807, 2.05) is 0 Å². The van der Waals surface area contributed by atoms with Gasteiger partial charge in [0.15, 0.2) is 0 Å². The molecule has 0 aliphatic carbocycles. The molecule has 1 aliphatic heterocycles. The van der Waals surface area contributed by atoms with Gasteiger partial charge in [-0.25, -0.2) is 4.39 Å². The van der Waals surface area contributed by atoms with Crippen LogP contribution in [0, 0.1) is 5.82 Å². The summed E-state index contributed by atoms with van der Waals surface area (Å²) in [5, 5.41) is 0. The topological polar surface area (TPSA) is 21.7 Å². The predicted octanol–water partition coefficient (Wildman–Crippen LogP) is 2.45. The molecule has 18 heavy (non-hydrogen) atoms. The van der Waals surface area contributed by atoms with Crippen LogP contribution >= 0.6 is 0 Å². The minimum Gasteiger partial charge on any atom is -0.497 e. The van der Waals surface area contributed by atoms with Crippen molar-refractivity contribution in [3.8, 4) is 5.75 Å². The number of rotatable bonds is 4. The Morgan fingerprint density at radius 1 is 1.39 bits per heavy atom. The summed E-state index contributed by atoms with van der Waals surface area (Å²) in [5.74, 6) is 0.360. The lowest BCUT2D eigenvalue weighted by Gasteiger charge is -2.31. The maximum absolute atomic E-state index is 13.8. The number of hydrogen-bond acceptors (Lipinski definition) is 3. The number of nitrogens with zero attached hydrogens (tertiary/aromatic N) is 1. The van der Waals surface area contributed by atoms with Crippen molar-refractivity contribution >= 4 is 0 Å². The van der Waals surface area contributed by atoms with Gasteiger partial charge in [0, 0.05) is 31.8 Å². The minimum absolute atomic E-state index is 0.200. The van der Waals surface area contributed by atoms with Gasteiger partial charge in [0.1, 0.15) is 11.6 Å². The van der Waals surface area contributed by atoms with Crippen molar-refractivity contribution < 1.29 is 13.9 Å². The number of benzene rings is 1. The van der Waals surface area contributed by atoms with Crippen LogP contribution in [0.15, 0.2) is 18.2 Å². The Hall–Kier alpha value is -1.13. The first kappa shape index (κ1) is 13.3. The van der Waals surface area contributed by atoms with Crippen molar-refractivity contribution in [2.24, 2.45) is 0 Å². The van der Waals surface area contributed by atoms with Gasteiger partial charge in [-0.1, -0.05) is 6.07 Å². The van der Waals surface area contributed by atoms with Crippen molar-refractivity contribution in [3.63, 3.8) is 0 Å². The van der Waals surface area contributed by atoms with Crippen LogP contribution in [0.25, 0.3) is 0 Å². The molecule has 4 heteroatoms. The standard InChI is InChI=1S/C14H20FNO2/c1-17-12-6-5-11(14(15)8-12)9-16-7-3-4-13(10-16)18-2/h5-6,8,13H,3-4,7,9-10H2,1-2H3. The highest BCUT2D eigenvalue weighted by molar-refractivity contribution is 5.28. The molecule has 1 atom stereocenters. The van der Waals surface area contributed by atoms with Gasteiger partial charge >= 0.3 is 0 Å². The molecule has 2 rings (SSSR count). The number of methoxy groups -OCH3 is 2. The molecule has 0 N–H and O–H groups in total. The predicted molar refractivity (Wildman–Crippen MR) is 68.3 cm³/mol. The monoisotopic (exact) mass is 253 g/mol. The van der Waals surface area contributed by atoms with E-state index in [-0.39, 0.29) is 11.9 Å². The molecule has 0 saturated carbocycles. The lowest BCUT2D eigenvalue weighted by atomic mass is 10.1. The summed E-state index contributed by atoms with van der Waals surface area (Å²) in [4.78, 5) is 2.24. The molecule has 3 nitrogen and oxygen atoms in total. The summed E-state index contributed by atoms with van der Waals surface area (Å²) in [6.45, 7) is 2.52. The highest BCUT2D eigenvalue weighted by Gasteiger charge is 2.20. The molecule has 0 aromatic heterocycles. The Bertz CT molecular complexity index is 397. The van der Waals surface area contributed by atoms with E-state index in [1.54, 1.807) is 26.4 Å². The number of likely N-dealkylation sites (tertiary alicyclic amines) is 1. The first-order valence-electron chi connectivity index (χ1n) is 6.30. The maximum atomic E-state index is 13.8. The molecule has 100 valence electrons. The highest BCUT2D eigenvalue weighted by Crippen LogP contribution is 2.20. The first-order valence-corrected chi connectivity index (χ1v) is 6.30. The molecule has 1 aromatic rings. The smallest absolute Gasteiger partial charge is 0.131 e. The number of hydrogen-bond donors (Lipinski definition) is 0. The van der Waals surface area contributed by atoms with Crippen molar-refractivity contribution in [2.75, 3.05) is 27.3 Å². The average Bonchev–Trinajstić information content (AvgIpc) is 2.41. The fraction of sp³-hybridized carbons (Fsp3) is 0.571. The summed E-state index contributed by atoms with van der Waals surface area (Å²) in [6, 6.07) is 5.04. The van der Waals surface area contributed by atoms with Crippen LogP contribution in [-0.4, -0.2) is 38.3 Å². The van der Waals surface area contributed by atoms with Gasteiger partial charge in [0.2, 0.25) is 0 Å². The zero-order valence-electron chi connectivity index (χ0n) is 11.0. The van der Waals surface area contributed by atoms with E-state index in [1.165, 1.54) is 6.07 Å². The zero-order valence-corrected chi connectivity index (χ0v) is 11.0. The van der Waals surface area contributed by atoms with Gasteiger partial charge < -0.3 is 9.47 Å². The van der Waals surface area contributed by atoms with Crippen LogP contribution < -0.4 is 4.74 Å². The van der Waals surface area contributed by atoms with Gasteiger partial charge in [-0.2, -0.15) is 0 Å². The molecule has 1 unspecified atom stereocenters. The zero-order chi connectivity index (χ0) is 13.0. The Morgan fingerprint density at radius 3 is 2.89 bits per heavy atom. The highest BCUT2D eigenvalue weighted by atomic mass is 19.1. The normalized spacial score (nSPS) is 20.9. The van der Waals surface area contributed by atoms with Crippen LogP contribution in [0.1, 0.15) is 18.4 Å². The fourth-order valence-corrected chi connectivity index (χ4v) is 2.37. The summed E-state index contributed by atoms with van der Waals surface area (Å²) in [7, 11) is 3.28. The molecule has 1 fully saturated rings. The van der Waals surface area contributed by atoms with Crippen LogP contribution in [0.2, 0.25) is 0 Å². The second-order valence-electron chi connectivity index (χ2n) is 4.69. The second kappa shape index (κ2) is 6.16. The first-order chi connectivity index (χ1) is 8.72. The van der Waals surface area contributed by atoms with E-state index >= 15 is 0 Å². The van der Waals surface area contributed by atoms with Crippen molar-refractivity contribution in [1.29, 1.82) is 0 Å². The quantitative estimate of drug-likeness (QED) is 0.822. The Labute approximate surface area is 107 Å². The maximum Gasteiger partial charge on any atom is 0.131 e. The van der Waals surface area contributed by atoms with E-state index in [2.05, 4.69) is 4.90 Å². The van der Waals surface area contributed by atoms with E-state index in [4.69, 9.17) is 9.47 Å².